The van der Waals surface area contributed by atoms with Crippen molar-refractivity contribution in [2.45, 2.75) is 71.4 Å². The highest BCUT2D eigenvalue weighted by atomic mass is 32.1. The summed E-state index contributed by atoms with van der Waals surface area (Å²) in [6.45, 7) is 7.07. The lowest BCUT2D eigenvalue weighted by molar-refractivity contribution is -0.134. The molecule has 2 N–H and O–H groups in total. The van der Waals surface area contributed by atoms with Gasteiger partial charge >= 0.3 is 12.0 Å². The third-order valence-corrected chi connectivity index (χ3v) is 7.48. The van der Waals surface area contributed by atoms with Crippen molar-refractivity contribution in [1.29, 1.82) is 0 Å². The van der Waals surface area contributed by atoms with E-state index in [2.05, 4.69) is 17.6 Å². The Bertz CT molecular complexity index is 951. The summed E-state index contributed by atoms with van der Waals surface area (Å²) in [5, 5.41) is 5.96. The Hall–Kier alpha value is -2.42. The van der Waals surface area contributed by atoms with Crippen molar-refractivity contribution in [2.75, 3.05) is 11.9 Å². The third-order valence-electron chi connectivity index (χ3n) is 6.31. The predicted molar refractivity (Wildman–Crippen MR) is 116 cm³/mol. The van der Waals surface area contributed by atoms with Crippen molar-refractivity contribution >= 4 is 40.2 Å². The van der Waals surface area contributed by atoms with Gasteiger partial charge in [-0.2, -0.15) is 0 Å². The van der Waals surface area contributed by atoms with Crippen LogP contribution in [0, 0.1) is 11.8 Å². The predicted octanol–water partition coefficient (Wildman–Crippen LogP) is 3.10. The first-order chi connectivity index (χ1) is 14.6. The second-order valence-electron chi connectivity index (χ2n) is 9.36. The van der Waals surface area contributed by atoms with Gasteiger partial charge in [-0.25, -0.2) is 9.59 Å². The van der Waals surface area contributed by atoms with Gasteiger partial charge in [0.1, 0.15) is 17.1 Å². The van der Waals surface area contributed by atoms with Crippen LogP contribution >= 0.6 is 11.3 Å². The van der Waals surface area contributed by atoms with Crippen LogP contribution in [0.3, 0.4) is 0 Å². The number of rotatable bonds is 6. The van der Waals surface area contributed by atoms with Gasteiger partial charge in [0, 0.05) is 4.88 Å². The fourth-order valence-electron chi connectivity index (χ4n) is 4.43. The number of nitrogens with one attached hydrogen (secondary N) is 2. The average Bonchev–Trinajstić information content (AvgIpc) is 3.43. The highest BCUT2D eigenvalue weighted by molar-refractivity contribution is 7.17. The molecule has 1 saturated carbocycles. The molecule has 1 saturated heterocycles. The molecule has 1 aromatic rings. The maximum atomic E-state index is 12.8. The van der Waals surface area contributed by atoms with Gasteiger partial charge in [0.15, 0.2) is 0 Å². The van der Waals surface area contributed by atoms with E-state index < -0.39 is 23.4 Å². The molecule has 0 spiro atoms. The molecule has 9 heteroatoms. The maximum absolute atomic E-state index is 12.8. The van der Waals surface area contributed by atoms with Gasteiger partial charge in [-0.05, 0) is 70.3 Å². The van der Waals surface area contributed by atoms with E-state index in [1.54, 1.807) is 20.8 Å². The highest BCUT2D eigenvalue weighted by Gasteiger charge is 2.56. The lowest BCUT2D eigenvalue weighted by atomic mass is 9.88. The lowest BCUT2D eigenvalue weighted by Gasteiger charge is -2.20. The molecule has 2 aliphatic carbocycles. The standard InChI is InChI=1S/C22H29N3O5S/c1-11(2)30-19(27)17-14-8-5-12(3)9-15(14)31-18(17)23-16(26)10-25-20(28)22(4,13-6-7-13)24-21(25)29/h11-13H,5-10H2,1-4H3,(H,23,26)(H,24,29). The van der Waals surface area contributed by atoms with Crippen LogP contribution in [-0.2, 0) is 27.2 Å². The summed E-state index contributed by atoms with van der Waals surface area (Å²) in [4.78, 5) is 52.8. The molecule has 168 valence electrons. The summed E-state index contributed by atoms with van der Waals surface area (Å²) in [5.74, 6) is -0.688. The Kier molecular flexibility index (Phi) is 5.57. The van der Waals surface area contributed by atoms with Crippen LogP contribution in [0.2, 0.25) is 0 Å². The molecule has 0 aromatic carbocycles. The fraction of sp³-hybridized carbons (Fsp3) is 0.636. The van der Waals surface area contributed by atoms with Crippen LogP contribution in [-0.4, -0.2) is 46.9 Å². The summed E-state index contributed by atoms with van der Waals surface area (Å²) in [6, 6.07) is -0.548. The van der Waals surface area contributed by atoms with Crippen LogP contribution in [0.5, 0.6) is 0 Å². The highest BCUT2D eigenvalue weighted by Crippen LogP contribution is 2.43. The SMILES string of the molecule is CC1CCc2c(sc(NC(=O)CN3C(=O)NC(C)(C4CC4)C3=O)c2C(=O)OC(C)C)C1. The number of nitrogens with zero attached hydrogens (tertiary/aromatic N) is 1. The zero-order valence-electron chi connectivity index (χ0n) is 18.4. The van der Waals surface area contributed by atoms with Crippen molar-refractivity contribution in [3.8, 4) is 0 Å². The zero-order valence-corrected chi connectivity index (χ0v) is 19.2. The number of thiophene rings is 1. The van der Waals surface area contributed by atoms with Gasteiger partial charge in [0.05, 0.1) is 11.7 Å². The molecule has 0 radical (unpaired) electrons. The van der Waals surface area contributed by atoms with E-state index >= 15 is 0 Å². The summed E-state index contributed by atoms with van der Waals surface area (Å²) < 4.78 is 5.43. The molecule has 4 amide bonds. The smallest absolute Gasteiger partial charge is 0.341 e. The number of ether oxygens (including phenoxy) is 1. The van der Waals surface area contributed by atoms with E-state index in [9.17, 15) is 19.2 Å². The molecule has 2 atom stereocenters. The molecule has 8 nitrogen and oxygen atoms in total. The van der Waals surface area contributed by atoms with Crippen molar-refractivity contribution in [2.24, 2.45) is 11.8 Å². The van der Waals surface area contributed by atoms with E-state index in [4.69, 9.17) is 4.74 Å². The number of hydrogen-bond acceptors (Lipinski definition) is 6. The summed E-state index contributed by atoms with van der Waals surface area (Å²) in [6.07, 6.45) is 4.09. The minimum absolute atomic E-state index is 0.125. The Balaban J connectivity index is 1.53. The van der Waals surface area contributed by atoms with Crippen LogP contribution < -0.4 is 10.6 Å². The van der Waals surface area contributed by atoms with Gasteiger partial charge < -0.3 is 15.4 Å². The maximum Gasteiger partial charge on any atom is 0.341 e. The van der Waals surface area contributed by atoms with Gasteiger partial charge in [0.2, 0.25) is 5.91 Å². The van der Waals surface area contributed by atoms with E-state index in [-0.39, 0.29) is 24.5 Å². The average molecular weight is 448 g/mol. The van der Waals surface area contributed by atoms with E-state index in [1.807, 2.05) is 0 Å². The molecule has 0 bridgehead atoms. The number of esters is 1. The summed E-state index contributed by atoms with van der Waals surface area (Å²) >= 11 is 1.39. The van der Waals surface area contributed by atoms with Crippen LogP contribution in [0.1, 0.15) is 67.8 Å². The molecular weight excluding hydrogens is 418 g/mol. The number of anilines is 1. The summed E-state index contributed by atoms with van der Waals surface area (Å²) in [5.41, 5.74) is 0.427. The minimum atomic E-state index is -0.929. The van der Waals surface area contributed by atoms with E-state index in [1.165, 1.54) is 11.3 Å². The molecule has 4 rings (SSSR count). The van der Waals surface area contributed by atoms with Crippen molar-refractivity contribution < 1.29 is 23.9 Å². The van der Waals surface area contributed by atoms with Crippen molar-refractivity contribution in [1.82, 2.24) is 10.2 Å². The second-order valence-corrected chi connectivity index (χ2v) is 10.5. The number of urea groups is 1. The topological polar surface area (TPSA) is 105 Å². The number of carbonyl (C=O) groups is 4. The number of amides is 4. The van der Waals surface area contributed by atoms with E-state index in [0.29, 0.717) is 16.5 Å². The lowest BCUT2D eigenvalue weighted by Crippen LogP contribution is -2.46. The normalized spacial score (nSPS) is 25.5. The van der Waals surface area contributed by atoms with Gasteiger partial charge in [0.25, 0.3) is 5.91 Å². The minimum Gasteiger partial charge on any atom is -0.459 e. The Morgan fingerprint density at radius 1 is 1.29 bits per heavy atom. The molecule has 2 fully saturated rings. The molecular formula is C22H29N3O5S. The second kappa shape index (κ2) is 7.93. The van der Waals surface area contributed by atoms with Crippen molar-refractivity contribution in [3.05, 3.63) is 16.0 Å². The first kappa shape index (κ1) is 21.8. The first-order valence-corrected chi connectivity index (χ1v) is 11.7. The van der Waals surface area contributed by atoms with Gasteiger partial charge in [-0.1, -0.05) is 6.92 Å². The van der Waals surface area contributed by atoms with Gasteiger partial charge in [-0.15, -0.1) is 11.3 Å². The van der Waals surface area contributed by atoms with Crippen molar-refractivity contribution in [3.63, 3.8) is 0 Å². The largest absolute Gasteiger partial charge is 0.459 e. The Morgan fingerprint density at radius 2 is 2.00 bits per heavy atom. The number of hydrogen-bond donors (Lipinski definition) is 2. The number of carbonyl (C=O) groups excluding carboxylic acids is 4. The van der Waals surface area contributed by atoms with E-state index in [0.717, 1.165) is 47.4 Å². The summed E-state index contributed by atoms with van der Waals surface area (Å²) in [7, 11) is 0. The zero-order chi connectivity index (χ0) is 22.5. The monoisotopic (exact) mass is 447 g/mol. The van der Waals surface area contributed by atoms with Crippen LogP contribution in [0.4, 0.5) is 9.80 Å². The molecule has 31 heavy (non-hydrogen) atoms. The molecule has 2 unspecified atom stereocenters. The molecule has 1 aliphatic heterocycles. The molecule has 1 aromatic heterocycles. The number of fused-ring (bicyclic) bond motifs is 1. The quantitative estimate of drug-likeness (QED) is 0.515. The first-order valence-electron chi connectivity index (χ1n) is 10.9. The fourth-order valence-corrected chi connectivity index (χ4v) is 5.85. The molecule has 2 heterocycles. The van der Waals surface area contributed by atoms with Crippen LogP contribution in [0.25, 0.3) is 0 Å². The Morgan fingerprint density at radius 3 is 2.65 bits per heavy atom. The molecule has 3 aliphatic rings. The van der Waals surface area contributed by atoms with Crippen LogP contribution in [0.15, 0.2) is 0 Å². The number of imide groups is 1. The van der Waals surface area contributed by atoms with Gasteiger partial charge in [-0.3, -0.25) is 14.5 Å². The third kappa shape index (κ3) is 4.07. The Labute approximate surface area is 185 Å².